The molecular formula is C45H38N4S. The molecule has 0 spiro atoms. The van der Waals surface area contributed by atoms with Crippen molar-refractivity contribution in [3.8, 4) is 0 Å². The van der Waals surface area contributed by atoms with Crippen molar-refractivity contribution in [3.63, 3.8) is 0 Å². The van der Waals surface area contributed by atoms with Crippen LogP contribution in [0.4, 0.5) is 22.7 Å². The summed E-state index contributed by atoms with van der Waals surface area (Å²) in [5.74, 6) is 0.272. The van der Waals surface area contributed by atoms with Crippen LogP contribution in [0.25, 0.3) is 0 Å². The molecule has 0 amide bonds. The van der Waals surface area contributed by atoms with Crippen LogP contribution in [0.5, 0.6) is 0 Å². The van der Waals surface area contributed by atoms with Crippen LogP contribution in [0, 0.1) is 0 Å². The van der Waals surface area contributed by atoms with E-state index < -0.39 is 10.0 Å². The highest BCUT2D eigenvalue weighted by Gasteiger charge is 2.43. The van der Waals surface area contributed by atoms with Crippen LogP contribution >= 0.6 is 10.0 Å². The van der Waals surface area contributed by atoms with Crippen LogP contribution in [0.15, 0.2) is 208 Å². The average molecular weight is 667 g/mol. The predicted molar refractivity (Wildman–Crippen MR) is 210 cm³/mol. The van der Waals surface area contributed by atoms with Gasteiger partial charge in [0.2, 0.25) is 0 Å². The molecule has 0 fully saturated rings. The van der Waals surface area contributed by atoms with Gasteiger partial charge in [-0.05, 0) is 101 Å². The number of pyridine rings is 1. The van der Waals surface area contributed by atoms with Crippen LogP contribution in [-0.4, -0.2) is 29.0 Å². The van der Waals surface area contributed by atoms with Crippen LogP contribution in [-0.2, 0) is 0 Å². The molecule has 4 unspecified atom stereocenters. The molecule has 0 bridgehead atoms. The van der Waals surface area contributed by atoms with Gasteiger partial charge in [-0.2, -0.15) is 10.0 Å². The van der Waals surface area contributed by atoms with Gasteiger partial charge in [0.05, 0.1) is 12.6 Å². The van der Waals surface area contributed by atoms with E-state index in [-0.39, 0.29) is 17.2 Å². The average Bonchev–Trinajstić information content (AvgIpc) is 3.85. The number of aliphatic imine (C=N–C) groups is 1. The van der Waals surface area contributed by atoms with E-state index in [1.165, 1.54) is 37.3 Å². The lowest BCUT2D eigenvalue weighted by molar-refractivity contribution is 0.744. The second-order valence-electron chi connectivity index (χ2n) is 13.0. The molecule has 5 aromatic rings. The molecule has 2 aliphatic heterocycles. The van der Waals surface area contributed by atoms with Gasteiger partial charge >= 0.3 is 0 Å². The molecule has 4 nitrogen and oxygen atoms in total. The van der Waals surface area contributed by atoms with Gasteiger partial charge in [-0.3, -0.25) is 9.98 Å². The fourth-order valence-corrected chi connectivity index (χ4v) is 12.4. The Morgan fingerprint density at radius 1 is 0.720 bits per heavy atom. The van der Waals surface area contributed by atoms with Crippen molar-refractivity contribution >= 4 is 39.0 Å². The summed E-state index contributed by atoms with van der Waals surface area (Å²) in [5.41, 5.74) is 7.37. The van der Waals surface area contributed by atoms with E-state index in [2.05, 4.69) is 186 Å². The Morgan fingerprint density at radius 3 is 2.12 bits per heavy atom. The topological polar surface area (TPSA) is 31.7 Å². The molecule has 5 heteroatoms. The molecule has 1 aromatic heterocycles. The summed E-state index contributed by atoms with van der Waals surface area (Å²) < 4.78 is 0. The Hall–Kier alpha value is -5.65. The summed E-state index contributed by atoms with van der Waals surface area (Å²) in [6, 6.07) is 44.1. The van der Waals surface area contributed by atoms with E-state index in [0.717, 1.165) is 17.8 Å². The van der Waals surface area contributed by atoms with Gasteiger partial charge < -0.3 is 9.80 Å². The van der Waals surface area contributed by atoms with Crippen molar-refractivity contribution in [1.82, 2.24) is 4.98 Å². The highest BCUT2D eigenvalue weighted by Crippen LogP contribution is 2.73. The van der Waals surface area contributed by atoms with Crippen molar-refractivity contribution in [3.05, 3.63) is 198 Å². The third kappa shape index (κ3) is 5.08. The molecule has 3 heterocycles. The molecule has 4 aliphatic rings. The highest BCUT2D eigenvalue weighted by molar-refractivity contribution is 8.37. The minimum Gasteiger partial charge on any atom is -0.333 e. The number of nitrogens with zero attached hydrogens (tertiary/aromatic N) is 4. The van der Waals surface area contributed by atoms with Crippen molar-refractivity contribution < 1.29 is 0 Å². The fraction of sp³-hybridized carbons (Fsp3) is 0.111. The van der Waals surface area contributed by atoms with Crippen LogP contribution in [0.1, 0.15) is 17.9 Å². The number of aromatic nitrogens is 1. The molecule has 50 heavy (non-hydrogen) atoms. The number of allylic oxidation sites excluding steroid dienone is 5. The van der Waals surface area contributed by atoms with E-state index in [1.54, 1.807) is 0 Å². The lowest BCUT2D eigenvalue weighted by Crippen LogP contribution is -2.28. The third-order valence-corrected chi connectivity index (χ3v) is 14.6. The van der Waals surface area contributed by atoms with E-state index in [9.17, 15) is 0 Å². The van der Waals surface area contributed by atoms with Gasteiger partial charge in [-0.25, -0.2) is 0 Å². The summed E-state index contributed by atoms with van der Waals surface area (Å²) in [6.45, 7) is 0.702. The Bertz CT molecular complexity index is 2150. The van der Waals surface area contributed by atoms with Crippen LogP contribution in [0.2, 0.25) is 0 Å². The third-order valence-electron chi connectivity index (χ3n) is 10.2. The second-order valence-corrected chi connectivity index (χ2v) is 16.3. The molecule has 4 atom stereocenters. The normalized spacial score (nSPS) is 21.9. The van der Waals surface area contributed by atoms with E-state index in [1.807, 2.05) is 12.4 Å². The molecule has 9 rings (SSSR count). The minimum atomic E-state index is -1.79. The number of hydrogen-bond acceptors (Lipinski definition) is 4. The maximum Gasteiger partial charge on any atom is 0.0690 e. The molecule has 2 aliphatic carbocycles. The van der Waals surface area contributed by atoms with Crippen LogP contribution in [0.3, 0.4) is 0 Å². The summed E-state index contributed by atoms with van der Waals surface area (Å²) >= 11 is 0. The molecule has 0 saturated carbocycles. The van der Waals surface area contributed by atoms with Gasteiger partial charge in [0, 0.05) is 63.1 Å². The molecule has 0 saturated heterocycles. The van der Waals surface area contributed by atoms with Crippen molar-refractivity contribution in [2.75, 3.05) is 16.3 Å². The van der Waals surface area contributed by atoms with E-state index >= 15 is 0 Å². The summed E-state index contributed by atoms with van der Waals surface area (Å²) in [7, 11) is -1.79. The van der Waals surface area contributed by atoms with Gasteiger partial charge in [0.15, 0.2) is 0 Å². The zero-order valence-corrected chi connectivity index (χ0v) is 28.6. The first-order valence-electron chi connectivity index (χ1n) is 17.4. The summed E-state index contributed by atoms with van der Waals surface area (Å²) in [4.78, 5) is 18.4. The Balaban J connectivity index is 1.19. The van der Waals surface area contributed by atoms with Gasteiger partial charge in [0.25, 0.3) is 0 Å². The quantitative estimate of drug-likeness (QED) is 0.165. The predicted octanol–water partition coefficient (Wildman–Crippen LogP) is 11.1. The number of benzene rings is 4. The van der Waals surface area contributed by atoms with Crippen molar-refractivity contribution in [2.24, 2.45) is 4.99 Å². The van der Waals surface area contributed by atoms with Gasteiger partial charge in [-0.1, -0.05) is 91.1 Å². The molecular weight excluding hydrogens is 629 g/mol. The lowest BCUT2D eigenvalue weighted by atomic mass is 9.91. The number of fused-ring (bicyclic) bond motifs is 3. The lowest BCUT2D eigenvalue weighted by Gasteiger charge is -2.48. The highest BCUT2D eigenvalue weighted by atomic mass is 32.3. The summed E-state index contributed by atoms with van der Waals surface area (Å²) in [5, 5.41) is 0.221. The van der Waals surface area contributed by atoms with Crippen molar-refractivity contribution in [1.29, 1.82) is 0 Å². The zero-order valence-electron chi connectivity index (χ0n) is 27.7. The fourth-order valence-electron chi connectivity index (χ4n) is 8.09. The standard InChI is InChI=1S/C45H38N4S/c1-4-13-34(14-5-1)48(35-15-6-2-7-16-35)37-22-24-38(25-23-37)50(41-28-30-47-33-41,40-19-12-29-46-32-40)39-26-27-45-43(31-39)42-20-10-11-21-44(42)49(45)36-17-8-3-9-18-36/h1-24,26-32,38,42,44H,25,33H2. The van der Waals surface area contributed by atoms with Gasteiger partial charge in [-0.15, -0.1) is 0 Å². The monoisotopic (exact) mass is 666 g/mol. The van der Waals surface area contributed by atoms with E-state index in [4.69, 9.17) is 9.98 Å². The first kappa shape index (κ1) is 30.4. The molecule has 4 aromatic carbocycles. The van der Waals surface area contributed by atoms with Crippen LogP contribution < -0.4 is 9.80 Å². The van der Waals surface area contributed by atoms with E-state index in [0.29, 0.717) is 6.54 Å². The minimum absolute atomic E-state index is 0.221. The maximum absolute atomic E-state index is 4.80. The number of anilines is 4. The largest absolute Gasteiger partial charge is 0.333 e. The first-order chi connectivity index (χ1) is 24.8. The summed E-state index contributed by atoms with van der Waals surface area (Å²) in [6.07, 6.45) is 25.6. The Kier molecular flexibility index (Phi) is 7.90. The Labute approximate surface area is 296 Å². The zero-order chi connectivity index (χ0) is 33.3. The maximum atomic E-state index is 4.80. The SMILES string of the molecule is C1=CC2c3cc(S(C4=CC=NC4)(c4cccnc4)C4C=CC(N(c5ccccc5)c5ccccc5)=CC4)ccc3N(c3ccccc3)C2C=C1. The first-order valence-corrected chi connectivity index (χ1v) is 19.1. The number of hydrogen-bond donors (Lipinski definition) is 0. The number of rotatable bonds is 8. The second kappa shape index (κ2) is 13.0. The molecule has 244 valence electrons. The number of para-hydroxylation sites is 3. The van der Waals surface area contributed by atoms with Gasteiger partial charge in [0.1, 0.15) is 0 Å². The molecule has 0 N–H and O–H groups in total. The molecule has 0 radical (unpaired) electrons. The Morgan fingerprint density at radius 2 is 1.46 bits per heavy atom. The van der Waals surface area contributed by atoms with Crippen molar-refractivity contribution in [2.45, 2.75) is 33.4 Å². The smallest absolute Gasteiger partial charge is 0.0690 e.